The summed E-state index contributed by atoms with van der Waals surface area (Å²) in [5, 5.41) is 3.22. The van der Waals surface area contributed by atoms with Gasteiger partial charge in [-0.2, -0.15) is 0 Å². The second-order valence-electron chi connectivity index (χ2n) is 6.06. The Morgan fingerprint density at radius 2 is 1.89 bits per heavy atom. The van der Waals surface area contributed by atoms with E-state index in [0.29, 0.717) is 17.3 Å². The van der Waals surface area contributed by atoms with Crippen molar-refractivity contribution in [3.05, 3.63) is 69.2 Å². The van der Waals surface area contributed by atoms with Gasteiger partial charge in [-0.05, 0) is 42.3 Å². The molecule has 0 fully saturated rings. The van der Waals surface area contributed by atoms with Gasteiger partial charge >= 0.3 is 0 Å². The molecule has 0 radical (unpaired) electrons. The SMILES string of the molecule is CNC(=O)C(C)N(Cc1cccc(Cl)c1)C(=O)CSCc1ccc(Br)cc1. The molecule has 0 saturated heterocycles. The summed E-state index contributed by atoms with van der Waals surface area (Å²) in [6.07, 6.45) is 0. The summed E-state index contributed by atoms with van der Waals surface area (Å²) in [6, 6.07) is 14.8. The number of thioether (sulfide) groups is 1. The predicted molar refractivity (Wildman–Crippen MR) is 116 cm³/mol. The Bertz CT molecular complexity index is 786. The standard InChI is InChI=1S/C20H22BrClN2O2S/c1-14(20(26)23-2)24(11-16-4-3-5-18(22)10-16)19(25)13-27-12-15-6-8-17(21)9-7-15/h3-10,14H,11-13H2,1-2H3,(H,23,26). The molecule has 1 unspecified atom stereocenters. The molecule has 1 N–H and O–H groups in total. The van der Waals surface area contributed by atoms with Crippen LogP contribution in [0.5, 0.6) is 0 Å². The van der Waals surface area contributed by atoms with Gasteiger partial charge < -0.3 is 10.2 Å². The van der Waals surface area contributed by atoms with Crippen molar-refractivity contribution in [2.24, 2.45) is 0 Å². The molecule has 0 saturated carbocycles. The van der Waals surface area contributed by atoms with Gasteiger partial charge in [-0.15, -0.1) is 11.8 Å². The van der Waals surface area contributed by atoms with Crippen LogP contribution in [0.3, 0.4) is 0 Å². The monoisotopic (exact) mass is 468 g/mol. The number of likely N-dealkylation sites (N-methyl/N-ethyl adjacent to an activating group) is 1. The van der Waals surface area contributed by atoms with Crippen LogP contribution in [-0.2, 0) is 21.9 Å². The molecule has 0 bridgehead atoms. The van der Waals surface area contributed by atoms with Gasteiger partial charge in [0.05, 0.1) is 5.75 Å². The number of carbonyl (C=O) groups excluding carboxylic acids is 2. The third-order valence-corrected chi connectivity index (χ3v) is 5.82. The maximum atomic E-state index is 12.8. The van der Waals surface area contributed by atoms with E-state index in [0.717, 1.165) is 21.4 Å². The third kappa shape index (κ3) is 6.87. The summed E-state index contributed by atoms with van der Waals surface area (Å²) >= 11 is 11.0. The molecular weight excluding hydrogens is 448 g/mol. The van der Waals surface area contributed by atoms with Gasteiger partial charge in [0.2, 0.25) is 11.8 Å². The molecule has 2 aromatic rings. The van der Waals surface area contributed by atoms with Gasteiger partial charge in [-0.25, -0.2) is 0 Å². The Hall–Kier alpha value is -1.50. The molecule has 0 aliphatic heterocycles. The second-order valence-corrected chi connectivity index (χ2v) is 8.40. The number of hydrogen-bond donors (Lipinski definition) is 1. The van der Waals surface area contributed by atoms with Crippen LogP contribution in [0.1, 0.15) is 18.1 Å². The number of halogens is 2. The first kappa shape index (κ1) is 21.8. The van der Waals surface area contributed by atoms with E-state index in [1.807, 2.05) is 42.5 Å². The fourth-order valence-corrected chi connectivity index (χ4v) is 3.89. The number of rotatable bonds is 8. The molecule has 1 atom stereocenters. The summed E-state index contributed by atoms with van der Waals surface area (Å²) in [7, 11) is 1.57. The van der Waals surface area contributed by atoms with E-state index in [1.165, 1.54) is 11.8 Å². The summed E-state index contributed by atoms with van der Waals surface area (Å²) in [4.78, 5) is 26.5. The van der Waals surface area contributed by atoms with Crippen molar-refractivity contribution < 1.29 is 9.59 Å². The highest BCUT2D eigenvalue weighted by Crippen LogP contribution is 2.19. The van der Waals surface area contributed by atoms with Crippen molar-refractivity contribution in [3.8, 4) is 0 Å². The van der Waals surface area contributed by atoms with E-state index in [-0.39, 0.29) is 11.8 Å². The van der Waals surface area contributed by atoms with Crippen molar-refractivity contribution >= 4 is 51.1 Å². The molecule has 4 nitrogen and oxygen atoms in total. The number of carbonyl (C=O) groups is 2. The van der Waals surface area contributed by atoms with Crippen LogP contribution in [0, 0.1) is 0 Å². The lowest BCUT2D eigenvalue weighted by Crippen LogP contribution is -2.47. The average Bonchev–Trinajstić information content (AvgIpc) is 2.66. The summed E-state index contributed by atoms with van der Waals surface area (Å²) in [6.45, 7) is 2.08. The van der Waals surface area contributed by atoms with Gasteiger partial charge in [-0.1, -0.05) is 51.8 Å². The van der Waals surface area contributed by atoms with Gasteiger partial charge in [-0.3, -0.25) is 9.59 Å². The zero-order valence-corrected chi connectivity index (χ0v) is 18.4. The van der Waals surface area contributed by atoms with Crippen LogP contribution < -0.4 is 5.32 Å². The molecule has 0 aliphatic rings. The fourth-order valence-electron chi connectivity index (χ4n) is 2.54. The molecule has 144 valence electrons. The fraction of sp³-hybridized carbons (Fsp3) is 0.300. The first-order chi connectivity index (χ1) is 12.9. The number of nitrogens with zero attached hydrogens (tertiary/aromatic N) is 1. The smallest absolute Gasteiger partial charge is 0.242 e. The largest absolute Gasteiger partial charge is 0.357 e. The molecular formula is C20H22BrClN2O2S. The minimum atomic E-state index is -0.560. The maximum absolute atomic E-state index is 12.8. The van der Waals surface area contributed by atoms with E-state index >= 15 is 0 Å². The van der Waals surface area contributed by atoms with Crippen LogP contribution in [-0.4, -0.2) is 35.6 Å². The lowest BCUT2D eigenvalue weighted by Gasteiger charge is -2.28. The van der Waals surface area contributed by atoms with Gasteiger partial charge in [0, 0.05) is 28.8 Å². The molecule has 0 aromatic heterocycles. The quantitative estimate of drug-likeness (QED) is 0.619. The highest BCUT2D eigenvalue weighted by molar-refractivity contribution is 9.10. The highest BCUT2D eigenvalue weighted by atomic mass is 79.9. The van der Waals surface area contributed by atoms with E-state index in [1.54, 1.807) is 24.9 Å². The first-order valence-corrected chi connectivity index (χ1v) is 10.8. The Morgan fingerprint density at radius 3 is 2.52 bits per heavy atom. The zero-order valence-electron chi connectivity index (χ0n) is 15.2. The van der Waals surface area contributed by atoms with Crippen LogP contribution in [0.15, 0.2) is 53.0 Å². The van der Waals surface area contributed by atoms with E-state index in [9.17, 15) is 9.59 Å². The number of hydrogen-bond acceptors (Lipinski definition) is 3. The molecule has 0 spiro atoms. The van der Waals surface area contributed by atoms with Crippen molar-refractivity contribution in [3.63, 3.8) is 0 Å². The van der Waals surface area contributed by atoms with Crippen molar-refractivity contribution in [1.82, 2.24) is 10.2 Å². The Kier molecular flexibility index (Phi) is 8.67. The minimum absolute atomic E-state index is 0.0758. The highest BCUT2D eigenvalue weighted by Gasteiger charge is 2.25. The minimum Gasteiger partial charge on any atom is -0.357 e. The maximum Gasteiger partial charge on any atom is 0.242 e. The van der Waals surface area contributed by atoms with Crippen LogP contribution in [0.25, 0.3) is 0 Å². The Morgan fingerprint density at radius 1 is 1.19 bits per heavy atom. The first-order valence-electron chi connectivity index (χ1n) is 8.48. The predicted octanol–water partition coefficient (Wildman–Crippen LogP) is 4.50. The molecule has 0 heterocycles. The van der Waals surface area contributed by atoms with Crippen LogP contribution in [0.2, 0.25) is 5.02 Å². The topological polar surface area (TPSA) is 49.4 Å². The molecule has 2 rings (SSSR count). The Labute approximate surface area is 177 Å². The molecule has 2 aromatic carbocycles. The van der Waals surface area contributed by atoms with Crippen LogP contribution >= 0.6 is 39.3 Å². The van der Waals surface area contributed by atoms with Crippen molar-refractivity contribution in [2.75, 3.05) is 12.8 Å². The summed E-state index contributed by atoms with van der Waals surface area (Å²) < 4.78 is 1.03. The van der Waals surface area contributed by atoms with Gasteiger partial charge in [0.15, 0.2) is 0 Å². The van der Waals surface area contributed by atoms with Crippen LogP contribution in [0.4, 0.5) is 0 Å². The summed E-state index contributed by atoms with van der Waals surface area (Å²) in [5.74, 6) is 0.771. The average molecular weight is 470 g/mol. The zero-order chi connectivity index (χ0) is 19.8. The van der Waals surface area contributed by atoms with E-state index in [2.05, 4.69) is 21.2 Å². The second kappa shape index (κ2) is 10.7. The van der Waals surface area contributed by atoms with E-state index in [4.69, 9.17) is 11.6 Å². The number of nitrogens with one attached hydrogen (secondary N) is 1. The molecule has 0 aliphatic carbocycles. The molecule has 2 amide bonds. The molecule has 7 heteroatoms. The summed E-state index contributed by atoms with van der Waals surface area (Å²) in [5.41, 5.74) is 2.04. The van der Waals surface area contributed by atoms with Gasteiger partial charge in [0.25, 0.3) is 0 Å². The van der Waals surface area contributed by atoms with Crippen molar-refractivity contribution in [1.29, 1.82) is 0 Å². The third-order valence-electron chi connectivity index (χ3n) is 4.06. The Balaban J connectivity index is 2.03. The van der Waals surface area contributed by atoms with E-state index < -0.39 is 6.04 Å². The number of benzene rings is 2. The number of amides is 2. The normalized spacial score (nSPS) is 11.7. The lowest BCUT2D eigenvalue weighted by molar-refractivity contribution is -0.138. The lowest BCUT2D eigenvalue weighted by atomic mass is 10.1. The van der Waals surface area contributed by atoms with Crippen molar-refractivity contribution in [2.45, 2.75) is 25.3 Å². The van der Waals surface area contributed by atoms with Gasteiger partial charge in [0.1, 0.15) is 6.04 Å². The molecule has 27 heavy (non-hydrogen) atoms.